The van der Waals surface area contributed by atoms with E-state index in [2.05, 4.69) is 33.6 Å². The normalized spacial score (nSPS) is 20.3. The maximum atomic E-state index is 12.9. The van der Waals surface area contributed by atoms with Gasteiger partial charge in [0, 0.05) is 30.7 Å². The standard InChI is InChI=1S/C19H19N5O/c25-19(14-7-9-20-10-8-14)23-11-1-2-16(23)18-17-6-5-15(13-3-4-13)12-24(17)22-21-18/h5-10,12-13,16H,1-4,11H2. The summed E-state index contributed by atoms with van der Waals surface area (Å²) in [5.41, 5.74) is 3.92. The minimum Gasteiger partial charge on any atom is -0.330 e. The minimum absolute atomic E-state index is 0.00931. The third-order valence-electron chi connectivity index (χ3n) is 5.27. The van der Waals surface area contributed by atoms with Crippen LogP contribution in [0.25, 0.3) is 5.52 Å². The predicted octanol–water partition coefficient (Wildman–Crippen LogP) is 2.98. The number of likely N-dealkylation sites (tertiary alicyclic amines) is 1. The second kappa shape index (κ2) is 5.65. The van der Waals surface area contributed by atoms with Crippen LogP contribution in [0.4, 0.5) is 0 Å². The SMILES string of the molecule is O=C(c1ccncc1)N1CCCC1c1nnn2cc(C3CC3)ccc12. The summed E-state index contributed by atoms with van der Waals surface area (Å²) in [6, 6.07) is 7.82. The Bertz CT molecular complexity index is 931. The van der Waals surface area contributed by atoms with E-state index in [1.807, 2.05) is 9.42 Å². The zero-order valence-corrected chi connectivity index (χ0v) is 13.9. The minimum atomic E-state index is -0.00931. The topological polar surface area (TPSA) is 63.4 Å². The highest BCUT2D eigenvalue weighted by molar-refractivity contribution is 5.94. The average molecular weight is 333 g/mol. The van der Waals surface area contributed by atoms with E-state index in [0.29, 0.717) is 11.5 Å². The number of aromatic nitrogens is 4. The monoisotopic (exact) mass is 333 g/mol. The van der Waals surface area contributed by atoms with Crippen LogP contribution in [0.1, 0.15) is 59.3 Å². The van der Waals surface area contributed by atoms with Crippen LogP contribution in [0.15, 0.2) is 42.9 Å². The van der Waals surface area contributed by atoms with Gasteiger partial charge in [-0.15, -0.1) is 5.10 Å². The van der Waals surface area contributed by atoms with Crippen molar-refractivity contribution in [3.63, 3.8) is 0 Å². The molecule has 3 aromatic heterocycles. The molecule has 4 heterocycles. The van der Waals surface area contributed by atoms with Gasteiger partial charge in [0.25, 0.3) is 5.91 Å². The number of amides is 1. The van der Waals surface area contributed by atoms with Crippen LogP contribution >= 0.6 is 0 Å². The highest BCUT2D eigenvalue weighted by atomic mass is 16.2. The van der Waals surface area contributed by atoms with Crippen molar-refractivity contribution in [2.45, 2.75) is 37.6 Å². The van der Waals surface area contributed by atoms with E-state index < -0.39 is 0 Å². The van der Waals surface area contributed by atoms with Crippen LogP contribution in [0, 0.1) is 0 Å². The van der Waals surface area contributed by atoms with E-state index in [4.69, 9.17) is 0 Å². The average Bonchev–Trinajstić information content (AvgIpc) is 3.25. The molecule has 1 saturated carbocycles. The summed E-state index contributed by atoms with van der Waals surface area (Å²) in [5.74, 6) is 0.731. The molecule has 126 valence electrons. The molecule has 1 unspecified atom stereocenters. The van der Waals surface area contributed by atoms with Gasteiger partial charge in [-0.25, -0.2) is 4.52 Å². The molecular formula is C19H19N5O. The Kier molecular flexibility index (Phi) is 3.29. The smallest absolute Gasteiger partial charge is 0.254 e. The number of hydrogen-bond donors (Lipinski definition) is 0. The fourth-order valence-corrected chi connectivity index (χ4v) is 3.78. The van der Waals surface area contributed by atoms with E-state index in [1.54, 1.807) is 24.5 Å². The van der Waals surface area contributed by atoms with Gasteiger partial charge in [0.05, 0.1) is 11.6 Å². The largest absolute Gasteiger partial charge is 0.330 e. The molecule has 3 aromatic rings. The number of pyridine rings is 2. The Hall–Kier alpha value is -2.76. The maximum absolute atomic E-state index is 12.9. The molecule has 1 aliphatic heterocycles. The quantitative estimate of drug-likeness (QED) is 0.739. The molecule has 1 aliphatic carbocycles. The van der Waals surface area contributed by atoms with E-state index in [1.165, 1.54) is 18.4 Å². The number of fused-ring (bicyclic) bond motifs is 1. The predicted molar refractivity (Wildman–Crippen MR) is 92.2 cm³/mol. The second-order valence-electron chi connectivity index (χ2n) is 6.93. The van der Waals surface area contributed by atoms with Gasteiger partial charge in [-0.05, 0) is 55.4 Å². The number of carbonyl (C=O) groups excluding carboxylic acids is 1. The lowest BCUT2D eigenvalue weighted by Crippen LogP contribution is -2.30. The molecule has 2 fully saturated rings. The van der Waals surface area contributed by atoms with E-state index in [0.717, 1.165) is 30.6 Å². The third kappa shape index (κ3) is 2.49. The number of carbonyl (C=O) groups is 1. The van der Waals surface area contributed by atoms with Gasteiger partial charge in [0.15, 0.2) is 0 Å². The van der Waals surface area contributed by atoms with Gasteiger partial charge < -0.3 is 4.90 Å². The van der Waals surface area contributed by atoms with Crippen molar-refractivity contribution < 1.29 is 4.79 Å². The lowest BCUT2D eigenvalue weighted by Gasteiger charge is -2.23. The Balaban J connectivity index is 1.49. The zero-order valence-electron chi connectivity index (χ0n) is 13.9. The zero-order chi connectivity index (χ0) is 16.8. The number of rotatable bonds is 3. The van der Waals surface area contributed by atoms with Gasteiger partial charge in [0.2, 0.25) is 0 Å². The van der Waals surface area contributed by atoms with Crippen LogP contribution in [0.2, 0.25) is 0 Å². The van der Waals surface area contributed by atoms with Crippen molar-refractivity contribution in [1.29, 1.82) is 0 Å². The van der Waals surface area contributed by atoms with Crippen molar-refractivity contribution >= 4 is 11.4 Å². The fourth-order valence-electron chi connectivity index (χ4n) is 3.78. The van der Waals surface area contributed by atoms with E-state index >= 15 is 0 Å². The fraction of sp³-hybridized carbons (Fsp3) is 0.368. The van der Waals surface area contributed by atoms with Crippen LogP contribution in [-0.4, -0.2) is 37.2 Å². The summed E-state index contributed by atoms with van der Waals surface area (Å²) in [7, 11) is 0. The Morgan fingerprint density at radius 3 is 2.72 bits per heavy atom. The molecule has 1 amide bonds. The molecule has 1 saturated heterocycles. The lowest BCUT2D eigenvalue weighted by atomic mass is 10.1. The lowest BCUT2D eigenvalue weighted by molar-refractivity contribution is 0.0733. The van der Waals surface area contributed by atoms with E-state index in [9.17, 15) is 4.79 Å². The number of nitrogens with zero attached hydrogens (tertiary/aromatic N) is 5. The first kappa shape index (κ1) is 14.6. The van der Waals surface area contributed by atoms with Gasteiger partial charge >= 0.3 is 0 Å². The highest BCUT2D eigenvalue weighted by Gasteiger charge is 2.34. The molecule has 1 atom stereocenters. The van der Waals surface area contributed by atoms with Crippen LogP contribution in [0.3, 0.4) is 0 Å². The molecular weight excluding hydrogens is 314 g/mol. The van der Waals surface area contributed by atoms with Crippen molar-refractivity contribution in [1.82, 2.24) is 24.7 Å². The summed E-state index contributed by atoms with van der Waals surface area (Å²) >= 11 is 0. The molecule has 0 aromatic carbocycles. The van der Waals surface area contributed by atoms with Crippen LogP contribution < -0.4 is 0 Å². The number of hydrogen-bond acceptors (Lipinski definition) is 4. The highest BCUT2D eigenvalue weighted by Crippen LogP contribution is 2.40. The summed E-state index contributed by atoms with van der Waals surface area (Å²) in [5, 5.41) is 8.75. The molecule has 0 radical (unpaired) electrons. The molecule has 6 heteroatoms. The van der Waals surface area contributed by atoms with Crippen molar-refractivity contribution in [3.05, 3.63) is 59.7 Å². The van der Waals surface area contributed by atoms with Gasteiger partial charge in [-0.2, -0.15) is 0 Å². The molecule has 5 rings (SSSR count). The Labute approximate surface area is 145 Å². The van der Waals surface area contributed by atoms with Gasteiger partial charge in [-0.1, -0.05) is 11.3 Å². The first-order valence-electron chi connectivity index (χ1n) is 8.87. The Morgan fingerprint density at radius 1 is 1.08 bits per heavy atom. The van der Waals surface area contributed by atoms with Crippen molar-refractivity contribution in [2.75, 3.05) is 6.54 Å². The van der Waals surface area contributed by atoms with Crippen LogP contribution in [0.5, 0.6) is 0 Å². The first-order chi connectivity index (χ1) is 12.3. The summed E-state index contributed by atoms with van der Waals surface area (Å²) in [6.07, 6.45) is 9.86. The molecule has 2 aliphatic rings. The summed E-state index contributed by atoms with van der Waals surface area (Å²) < 4.78 is 1.87. The summed E-state index contributed by atoms with van der Waals surface area (Å²) in [6.45, 7) is 0.755. The van der Waals surface area contributed by atoms with Crippen molar-refractivity contribution in [3.8, 4) is 0 Å². The molecule has 0 spiro atoms. The third-order valence-corrected chi connectivity index (χ3v) is 5.27. The molecule has 25 heavy (non-hydrogen) atoms. The maximum Gasteiger partial charge on any atom is 0.254 e. The summed E-state index contributed by atoms with van der Waals surface area (Å²) in [4.78, 5) is 18.8. The first-order valence-corrected chi connectivity index (χ1v) is 8.87. The Morgan fingerprint density at radius 2 is 1.92 bits per heavy atom. The molecule has 0 N–H and O–H groups in total. The molecule has 0 bridgehead atoms. The molecule has 6 nitrogen and oxygen atoms in total. The van der Waals surface area contributed by atoms with Crippen molar-refractivity contribution in [2.24, 2.45) is 0 Å². The van der Waals surface area contributed by atoms with Crippen LogP contribution in [-0.2, 0) is 0 Å². The second-order valence-corrected chi connectivity index (χ2v) is 6.93. The van der Waals surface area contributed by atoms with Gasteiger partial charge in [-0.3, -0.25) is 9.78 Å². The van der Waals surface area contributed by atoms with Gasteiger partial charge in [0.1, 0.15) is 5.69 Å². The van der Waals surface area contributed by atoms with E-state index in [-0.39, 0.29) is 11.9 Å².